The number of hydrogen-bond donors (Lipinski definition) is 3. The SMILES string of the molecule is COCCNCCNC(=O)C(NC(=O)c1cccc(C)c1)C(C)C. The van der Waals surface area contributed by atoms with Crippen LogP contribution in [0.2, 0.25) is 0 Å². The van der Waals surface area contributed by atoms with Crippen LogP contribution in [-0.4, -0.2) is 51.2 Å². The molecular formula is C18H29N3O3. The topological polar surface area (TPSA) is 79.5 Å². The van der Waals surface area contributed by atoms with E-state index in [-0.39, 0.29) is 17.7 Å². The molecule has 0 aliphatic carbocycles. The van der Waals surface area contributed by atoms with Gasteiger partial charge in [0.1, 0.15) is 6.04 Å². The van der Waals surface area contributed by atoms with Gasteiger partial charge in [0.2, 0.25) is 5.91 Å². The quantitative estimate of drug-likeness (QED) is 0.560. The average molecular weight is 335 g/mol. The summed E-state index contributed by atoms with van der Waals surface area (Å²) in [4.78, 5) is 24.7. The third kappa shape index (κ3) is 7.10. The van der Waals surface area contributed by atoms with Gasteiger partial charge in [-0.3, -0.25) is 9.59 Å². The Morgan fingerprint density at radius 1 is 1.17 bits per heavy atom. The van der Waals surface area contributed by atoms with E-state index in [0.29, 0.717) is 25.3 Å². The highest BCUT2D eigenvalue weighted by Crippen LogP contribution is 2.07. The minimum atomic E-state index is -0.558. The molecule has 0 bridgehead atoms. The van der Waals surface area contributed by atoms with E-state index < -0.39 is 6.04 Å². The Morgan fingerprint density at radius 2 is 1.92 bits per heavy atom. The normalized spacial score (nSPS) is 12.0. The van der Waals surface area contributed by atoms with Gasteiger partial charge in [0.15, 0.2) is 0 Å². The summed E-state index contributed by atoms with van der Waals surface area (Å²) in [5.74, 6) is -0.398. The van der Waals surface area contributed by atoms with E-state index in [9.17, 15) is 9.59 Å². The molecule has 0 saturated heterocycles. The summed E-state index contributed by atoms with van der Waals surface area (Å²) in [6, 6.07) is 6.76. The zero-order chi connectivity index (χ0) is 17.9. The van der Waals surface area contributed by atoms with Crippen LogP contribution >= 0.6 is 0 Å². The van der Waals surface area contributed by atoms with Gasteiger partial charge < -0.3 is 20.7 Å². The molecule has 6 heteroatoms. The van der Waals surface area contributed by atoms with E-state index in [1.54, 1.807) is 13.2 Å². The number of rotatable bonds is 10. The standard InChI is InChI=1S/C18H29N3O3/c1-13(2)16(18(23)20-9-8-19-10-11-24-4)21-17(22)15-7-5-6-14(3)12-15/h5-7,12-13,16,19H,8-11H2,1-4H3,(H,20,23)(H,21,22). The summed E-state index contributed by atoms with van der Waals surface area (Å²) < 4.78 is 4.94. The first kappa shape index (κ1) is 20.1. The van der Waals surface area contributed by atoms with E-state index in [4.69, 9.17) is 4.74 Å². The molecule has 0 saturated carbocycles. The molecule has 2 amide bonds. The Balaban J connectivity index is 2.50. The predicted octanol–water partition coefficient (Wildman–Crippen LogP) is 1.10. The Kier molecular flexibility index (Phi) is 9.04. The molecule has 24 heavy (non-hydrogen) atoms. The summed E-state index contributed by atoms with van der Waals surface area (Å²) in [5, 5.41) is 8.84. The Labute approximate surface area is 144 Å². The van der Waals surface area contributed by atoms with Crippen molar-refractivity contribution in [3.8, 4) is 0 Å². The molecular weight excluding hydrogens is 306 g/mol. The first-order valence-corrected chi connectivity index (χ1v) is 8.30. The summed E-state index contributed by atoms with van der Waals surface area (Å²) in [6.45, 7) is 8.30. The van der Waals surface area contributed by atoms with E-state index in [2.05, 4.69) is 16.0 Å². The molecule has 0 aromatic heterocycles. The fourth-order valence-electron chi connectivity index (χ4n) is 2.23. The van der Waals surface area contributed by atoms with Gasteiger partial charge in [-0.15, -0.1) is 0 Å². The molecule has 1 unspecified atom stereocenters. The van der Waals surface area contributed by atoms with E-state index in [1.807, 2.05) is 39.0 Å². The lowest BCUT2D eigenvalue weighted by Crippen LogP contribution is -2.50. The van der Waals surface area contributed by atoms with Gasteiger partial charge in [0, 0.05) is 32.3 Å². The van der Waals surface area contributed by atoms with Gasteiger partial charge in [0.05, 0.1) is 6.61 Å². The molecule has 0 aliphatic rings. The van der Waals surface area contributed by atoms with Gasteiger partial charge in [-0.25, -0.2) is 0 Å². The van der Waals surface area contributed by atoms with Crippen molar-refractivity contribution in [3.63, 3.8) is 0 Å². The first-order chi connectivity index (χ1) is 11.5. The molecule has 0 fully saturated rings. The molecule has 1 atom stereocenters. The molecule has 0 spiro atoms. The van der Waals surface area contributed by atoms with Crippen molar-refractivity contribution < 1.29 is 14.3 Å². The lowest BCUT2D eigenvalue weighted by molar-refractivity contribution is -0.123. The minimum Gasteiger partial charge on any atom is -0.383 e. The molecule has 3 N–H and O–H groups in total. The van der Waals surface area contributed by atoms with Crippen molar-refractivity contribution in [1.82, 2.24) is 16.0 Å². The van der Waals surface area contributed by atoms with E-state index in [0.717, 1.165) is 12.1 Å². The maximum atomic E-state index is 12.3. The summed E-state index contributed by atoms with van der Waals surface area (Å²) in [7, 11) is 1.65. The third-order valence-corrected chi connectivity index (χ3v) is 3.60. The summed E-state index contributed by atoms with van der Waals surface area (Å²) >= 11 is 0. The van der Waals surface area contributed by atoms with Crippen molar-refractivity contribution >= 4 is 11.8 Å². The summed E-state index contributed by atoms with van der Waals surface area (Å²) in [6.07, 6.45) is 0. The van der Waals surface area contributed by atoms with Crippen LogP contribution in [0.3, 0.4) is 0 Å². The van der Waals surface area contributed by atoms with Gasteiger partial charge >= 0.3 is 0 Å². The Bertz CT molecular complexity index is 532. The fourth-order valence-corrected chi connectivity index (χ4v) is 2.23. The molecule has 134 valence electrons. The molecule has 1 aromatic carbocycles. The van der Waals surface area contributed by atoms with Crippen LogP contribution in [0.25, 0.3) is 0 Å². The fraction of sp³-hybridized carbons (Fsp3) is 0.556. The maximum absolute atomic E-state index is 12.3. The van der Waals surface area contributed by atoms with Crippen molar-refractivity contribution in [2.45, 2.75) is 26.8 Å². The highest BCUT2D eigenvalue weighted by molar-refractivity contribution is 5.97. The molecule has 1 aromatic rings. The van der Waals surface area contributed by atoms with Crippen LogP contribution in [0.5, 0.6) is 0 Å². The van der Waals surface area contributed by atoms with Gasteiger partial charge in [-0.2, -0.15) is 0 Å². The number of amides is 2. The number of ether oxygens (including phenoxy) is 1. The van der Waals surface area contributed by atoms with Crippen molar-refractivity contribution in [3.05, 3.63) is 35.4 Å². The summed E-state index contributed by atoms with van der Waals surface area (Å²) in [5.41, 5.74) is 1.57. The van der Waals surface area contributed by atoms with Crippen LogP contribution < -0.4 is 16.0 Å². The van der Waals surface area contributed by atoms with E-state index >= 15 is 0 Å². The van der Waals surface area contributed by atoms with Crippen LogP contribution in [0.15, 0.2) is 24.3 Å². The molecule has 0 heterocycles. The highest BCUT2D eigenvalue weighted by atomic mass is 16.5. The number of carbonyl (C=O) groups excluding carboxylic acids is 2. The molecule has 1 rings (SSSR count). The largest absolute Gasteiger partial charge is 0.383 e. The first-order valence-electron chi connectivity index (χ1n) is 8.30. The zero-order valence-corrected chi connectivity index (χ0v) is 15.0. The predicted molar refractivity (Wildman–Crippen MR) is 95.0 cm³/mol. The monoisotopic (exact) mass is 335 g/mol. The lowest BCUT2D eigenvalue weighted by Gasteiger charge is -2.22. The van der Waals surface area contributed by atoms with Gasteiger partial charge in [0.25, 0.3) is 5.91 Å². The highest BCUT2D eigenvalue weighted by Gasteiger charge is 2.24. The smallest absolute Gasteiger partial charge is 0.251 e. The average Bonchev–Trinajstić information content (AvgIpc) is 2.55. The van der Waals surface area contributed by atoms with Crippen LogP contribution in [-0.2, 0) is 9.53 Å². The number of aryl methyl sites for hydroxylation is 1. The Morgan fingerprint density at radius 3 is 2.54 bits per heavy atom. The number of hydrogen-bond acceptors (Lipinski definition) is 4. The van der Waals surface area contributed by atoms with Crippen molar-refractivity contribution in [2.75, 3.05) is 33.4 Å². The molecule has 0 radical (unpaired) electrons. The number of methoxy groups -OCH3 is 1. The second-order valence-corrected chi connectivity index (χ2v) is 6.10. The van der Waals surface area contributed by atoms with Crippen LogP contribution in [0.4, 0.5) is 0 Å². The number of nitrogens with one attached hydrogen (secondary N) is 3. The Hall–Kier alpha value is -1.92. The number of carbonyl (C=O) groups is 2. The van der Waals surface area contributed by atoms with Gasteiger partial charge in [-0.1, -0.05) is 31.5 Å². The van der Waals surface area contributed by atoms with Crippen molar-refractivity contribution in [1.29, 1.82) is 0 Å². The van der Waals surface area contributed by atoms with Crippen molar-refractivity contribution in [2.24, 2.45) is 5.92 Å². The second kappa shape index (κ2) is 10.8. The second-order valence-electron chi connectivity index (χ2n) is 6.10. The zero-order valence-electron chi connectivity index (χ0n) is 15.0. The minimum absolute atomic E-state index is 0.000194. The number of benzene rings is 1. The third-order valence-electron chi connectivity index (χ3n) is 3.60. The van der Waals surface area contributed by atoms with E-state index in [1.165, 1.54) is 0 Å². The maximum Gasteiger partial charge on any atom is 0.251 e. The molecule has 6 nitrogen and oxygen atoms in total. The van der Waals surface area contributed by atoms with Crippen LogP contribution in [0, 0.1) is 12.8 Å². The van der Waals surface area contributed by atoms with Gasteiger partial charge in [-0.05, 0) is 25.0 Å². The van der Waals surface area contributed by atoms with Crippen LogP contribution in [0.1, 0.15) is 29.8 Å². The molecule has 0 aliphatic heterocycles. The lowest BCUT2D eigenvalue weighted by atomic mass is 10.0.